The standard InChI is InChI=1S/C15H8Cl2N4S/c16-8-5-6-9(11(17)7-8)13-19-14-10-3-1-2-4-12(10)18-15(22)21(14)20-13/h1-7H,(H,19,20). The molecule has 0 unspecified atom stereocenters. The quantitative estimate of drug-likeness (QED) is 0.498. The molecule has 1 N–H and O–H groups in total. The summed E-state index contributed by atoms with van der Waals surface area (Å²) in [5.74, 6) is 0.617. The predicted molar refractivity (Wildman–Crippen MR) is 91.1 cm³/mol. The number of hydrogen-bond acceptors (Lipinski definition) is 3. The Bertz CT molecular complexity index is 1080. The van der Waals surface area contributed by atoms with Gasteiger partial charge in [-0.25, -0.2) is 14.5 Å². The summed E-state index contributed by atoms with van der Waals surface area (Å²) in [5.41, 5.74) is 2.29. The van der Waals surface area contributed by atoms with E-state index in [0.29, 0.717) is 20.6 Å². The third-order valence-corrected chi connectivity index (χ3v) is 4.21. The lowest BCUT2D eigenvalue weighted by Crippen LogP contribution is -1.94. The van der Waals surface area contributed by atoms with Gasteiger partial charge in [-0.2, -0.15) is 0 Å². The van der Waals surface area contributed by atoms with Crippen LogP contribution in [0.25, 0.3) is 27.9 Å². The maximum Gasteiger partial charge on any atom is 0.221 e. The maximum absolute atomic E-state index is 6.25. The molecule has 0 aliphatic carbocycles. The van der Waals surface area contributed by atoms with E-state index in [1.54, 1.807) is 16.6 Å². The first-order valence-electron chi connectivity index (χ1n) is 6.46. The SMILES string of the molecule is S=c1nc2ccccc2c2nc(-c3ccc(Cl)cc3Cl)[nH]n12. The Kier molecular flexibility index (Phi) is 3.14. The topological polar surface area (TPSA) is 46.0 Å². The molecular weight excluding hydrogens is 339 g/mol. The molecule has 4 rings (SSSR count). The van der Waals surface area contributed by atoms with Crippen molar-refractivity contribution in [3.05, 3.63) is 57.3 Å². The van der Waals surface area contributed by atoms with Gasteiger partial charge < -0.3 is 0 Å². The predicted octanol–water partition coefficient (Wildman–Crippen LogP) is 4.91. The van der Waals surface area contributed by atoms with Crippen LogP contribution in [0.2, 0.25) is 10.0 Å². The zero-order valence-electron chi connectivity index (χ0n) is 11.0. The van der Waals surface area contributed by atoms with Crippen LogP contribution in [0.3, 0.4) is 0 Å². The van der Waals surface area contributed by atoms with Crippen LogP contribution in [0, 0.1) is 4.77 Å². The first-order chi connectivity index (χ1) is 10.6. The zero-order valence-corrected chi connectivity index (χ0v) is 13.4. The lowest BCUT2D eigenvalue weighted by molar-refractivity contribution is 0.918. The summed E-state index contributed by atoms with van der Waals surface area (Å²) >= 11 is 17.5. The minimum atomic E-state index is 0.414. The Labute approximate surface area is 140 Å². The highest BCUT2D eigenvalue weighted by Crippen LogP contribution is 2.29. The molecule has 0 bridgehead atoms. The summed E-state index contributed by atoms with van der Waals surface area (Å²) in [6, 6.07) is 13.0. The number of H-pyrrole nitrogens is 1. The Morgan fingerprint density at radius 1 is 1.05 bits per heavy atom. The molecule has 2 aromatic heterocycles. The molecule has 0 amide bonds. The van der Waals surface area contributed by atoms with E-state index in [9.17, 15) is 0 Å². The van der Waals surface area contributed by atoms with Crippen LogP contribution in [-0.4, -0.2) is 19.6 Å². The van der Waals surface area contributed by atoms with Gasteiger partial charge in [0.05, 0.1) is 10.5 Å². The van der Waals surface area contributed by atoms with Gasteiger partial charge in [-0.3, -0.25) is 5.10 Å². The molecule has 0 aliphatic rings. The molecule has 7 heteroatoms. The number of aromatic nitrogens is 4. The molecule has 0 saturated heterocycles. The molecule has 0 atom stereocenters. The van der Waals surface area contributed by atoms with Gasteiger partial charge in [-0.15, -0.1) is 0 Å². The fraction of sp³-hybridized carbons (Fsp3) is 0. The Balaban J connectivity index is 2.07. The molecule has 0 radical (unpaired) electrons. The van der Waals surface area contributed by atoms with E-state index in [0.717, 1.165) is 22.1 Å². The van der Waals surface area contributed by atoms with E-state index in [1.807, 2.05) is 30.3 Å². The number of benzene rings is 2. The highest BCUT2D eigenvalue weighted by molar-refractivity contribution is 7.71. The lowest BCUT2D eigenvalue weighted by Gasteiger charge is -2.00. The van der Waals surface area contributed by atoms with Gasteiger partial charge in [0.15, 0.2) is 11.5 Å². The molecule has 0 saturated carbocycles. The molecule has 2 aromatic carbocycles. The minimum Gasteiger partial charge on any atom is -0.273 e. The summed E-state index contributed by atoms with van der Waals surface area (Å²) in [6.07, 6.45) is 0. The number of hydrogen-bond donors (Lipinski definition) is 1. The average molecular weight is 347 g/mol. The van der Waals surface area contributed by atoms with Crippen LogP contribution >= 0.6 is 35.4 Å². The van der Waals surface area contributed by atoms with Crippen molar-refractivity contribution < 1.29 is 0 Å². The van der Waals surface area contributed by atoms with Crippen molar-refractivity contribution in [1.29, 1.82) is 0 Å². The van der Waals surface area contributed by atoms with E-state index in [2.05, 4.69) is 15.1 Å². The first kappa shape index (κ1) is 13.7. The van der Waals surface area contributed by atoms with Crippen LogP contribution in [0.1, 0.15) is 0 Å². The summed E-state index contributed by atoms with van der Waals surface area (Å²) in [7, 11) is 0. The maximum atomic E-state index is 6.25. The molecule has 0 spiro atoms. The molecule has 22 heavy (non-hydrogen) atoms. The third kappa shape index (κ3) is 2.09. The second-order valence-corrected chi connectivity index (χ2v) is 5.98. The minimum absolute atomic E-state index is 0.414. The van der Waals surface area contributed by atoms with Crippen molar-refractivity contribution in [2.75, 3.05) is 0 Å². The van der Waals surface area contributed by atoms with Gasteiger partial charge in [0, 0.05) is 16.0 Å². The molecule has 0 fully saturated rings. The van der Waals surface area contributed by atoms with Crippen LogP contribution in [0.5, 0.6) is 0 Å². The van der Waals surface area contributed by atoms with Crippen molar-refractivity contribution in [2.24, 2.45) is 0 Å². The number of nitrogens with one attached hydrogen (secondary N) is 1. The lowest BCUT2D eigenvalue weighted by atomic mass is 10.2. The van der Waals surface area contributed by atoms with Crippen LogP contribution in [-0.2, 0) is 0 Å². The molecule has 2 heterocycles. The van der Waals surface area contributed by atoms with E-state index in [1.165, 1.54) is 0 Å². The number of aromatic amines is 1. The highest BCUT2D eigenvalue weighted by Gasteiger charge is 2.12. The fourth-order valence-electron chi connectivity index (χ4n) is 2.37. The van der Waals surface area contributed by atoms with E-state index in [-0.39, 0.29) is 0 Å². The molecule has 108 valence electrons. The summed E-state index contributed by atoms with van der Waals surface area (Å²) < 4.78 is 2.09. The highest BCUT2D eigenvalue weighted by atomic mass is 35.5. The van der Waals surface area contributed by atoms with Crippen molar-refractivity contribution in [1.82, 2.24) is 19.6 Å². The van der Waals surface area contributed by atoms with E-state index >= 15 is 0 Å². The zero-order chi connectivity index (χ0) is 15.3. The smallest absolute Gasteiger partial charge is 0.221 e. The average Bonchev–Trinajstić information content (AvgIpc) is 2.93. The first-order valence-corrected chi connectivity index (χ1v) is 7.63. The number of nitrogens with zero attached hydrogens (tertiary/aromatic N) is 3. The Morgan fingerprint density at radius 3 is 2.68 bits per heavy atom. The molecular formula is C15H8Cl2N4S. The van der Waals surface area contributed by atoms with Crippen LogP contribution < -0.4 is 0 Å². The van der Waals surface area contributed by atoms with Gasteiger partial charge >= 0.3 is 0 Å². The van der Waals surface area contributed by atoms with Crippen molar-refractivity contribution in [2.45, 2.75) is 0 Å². The number of halogens is 2. The fourth-order valence-corrected chi connectivity index (χ4v) is 3.10. The van der Waals surface area contributed by atoms with Crippen molar-refractivity contribution >= 4 is 52.0 Å². The Hall–Kier alpha value is -1.95. The Morgan fingerprint density at radius 2 is 1.86 bits per heavy atom. The third-order valence-electron chi connectivity index (χ3n) is 3.39. The van der Waals surface area contributed by atoms with Crippen molar-refractivity contribution in [3.63, 3.8) is 0 Å². The number of para-hydroxylation sites is 1. The van der Waals surface area contributed by atoms with Gasteiger partial charge in [0.25, 0.3) is 0 Å². The van der Waals surface area contributed by atoms with Gasteiger partial charge in [-0.1, -0.05) is 35.3 Å². The van der Waals surface area contributed by atoms with E-state index < -0.39 is 0 Å². The summed E-state index contributed by atoms with van der Waals surface area (Å²) in [4.78, 5) is 9.04. The molecule has 4 aromatic rings. The van der Waals surface area contributed by atoms with E-state index in [4.69, 9.17) is 35.4 Å². The second-order valence-electron chi connectivity index (χ2n) is 4.77. The van der Waals surface area contributed by atoms with Gasteiger partial charge in [0.1, 0.15) is 0 Å². The monoisotopic (exact) mass is 346 g/mol. The van der Waals surface area contributed by atoms with Crippen LogP contribution in [0.15, 0.2) is 42.5 Å². The van der Waals surface area contributed by atoms with Gasteiger partial charge in [-0.05, 0) is 42.5 Å². The summed E-state index contributed by atoms with van der Waals surface area (Å²) in [5, 5.41) is 5.16. The largest absolute Gasteiger partial charge is 0.273 e. The number of rotatable bonds is 1. The van der Waals surface area contributed by atoms with Crippen molar-refractivity contribution in [3.8, 4) is 11.4 Å². The summed E-state index contributed by atoms with van der Waals surface area (Å²) in [6.45, 7) is 0. The normalized spacial score (nSPS) is 11.4. The number of fused-ring (bicyclic) bond motifs is 3. The molecule has 4 nitrogen and oxygen atoms in total. The second kappa shape index (κ2) is 5.05. The molecule has 0 aliphatic heterocycles. The van der Waals surface area contributed by atoms with Crippen LogP contribution in [0.4, 0.5) is 0 Å². The van der Waals surface area contributed by atoms with Gasteiger partial charge in [0.2, 0.25) is 4.77 Å².